The lowest BCUT2D eigenvalue weighted by Gasteiger charge is -2.21. The van der Waals surface area contributed by atoms with Crippen molar-refractivity contribution in [3.8, 4) is 0 Å². The Morgan fingerprint density at radius 3 is 2.82 bits per heavy atom. The second-order valence-electron chi connectivity index (χ2n) is 2.58. The van der Waals surface area contributed by atoms with Gasteiger partial charge in [0.05, 0.1) is 5.76 Å². The molecule has 1 atom stereocenters. The van der Waals surface area contributed by atoms with Crippen molar-refractivity contribution in [2.75, 3.05) is 0 Å². The van der Waals surface area contributed by atoms with Gasteiger partial charge in [-0.3, -0.25) is 4.79 Å². The molecule has 1 amide bonds. The van der Waals surface area contributed by atoms with Gasteiger partial charge in [-0.2, -0.15) is 0 Å². The number of nitrogens with two attached hydrogens (primary N) is 1. The van der Waals surface area contributed by atoms with Crippen LogP contribution in [0.3, 0.4) is 0 Å². The predicted octanol–water partition coefficient (Wildman–Crippen LogP) is 0.721. The number of rotatable bonds is 2. The fourth-order valence-electron chi connectivity index (χ4n) is 1.04. The molecule has 0 aromatic heterocycles. The lowest BCUT2D eigenvalue weighted by molar-refractivity contribution is -0.131. The highest BCUT2D eigenvalue weighted by Crippen LogP contribution is 2.28. The zero-order chi connectivity index (χ0) is 8.48. The highest BCUT2D eigenvalue weighted by Gasteiger charge is 2.38. The molecule has 0 radical (unpaired) electrons. The van der Waals surface area contributed by atoms with Crippen LogP contribution in [0, 0.1) is 0 Å². The van der Waals surface area contributed by atoms with Gasteiger partial charge in [-0.25, -0.2) is 0 Å². The quantitative estimate of drug-likeness (QED) is 0.594. The Balaban J connectivity index is 2.83. The van der Waals surface area contributed by atoms with Gasteiger partial charge < -0.3 is 10.5 Å². The van der Waals surface area contributed by atoms with Gasteiger partial charge in [0.2, 0.25) is 5.60 Å². The van der Waals surface area contributed by atoms with E-state index in [0.29, 0.717) is 6.42 Å². The predicted molar refractivity (Wildman–Crippen MR) is 41.6 cm³/mol. The summed E-state index contributed by atoms with van der Waals surface area (Å²) >= 11 is 0. The van der Waals surface area contributed by atoms with E-state index < -0.39 is 11.5 Å². The van der Waals surface area contributed by atoms with E-state index in [1.54, 1.807) is 6.92 Å². The molecule has 2 N–H and O–H groups in total. The van der Waals surface area contributed by atoms with E-state index in [1.807, 2.05) is 6.08 Å². The summed E-state index contributed by atoms with van der Waals surface area (Å²) in [5.41, 5.74) is 4.15. The Bertz CT molecular complexity index is 232. The standard InChI is InChI=1S/C8H11NO2/c1-3-8(7(9)10)5-4-6(2)11-8/h3-4H,1,5H2,2H3,(H2,9,10). The van der Waals surface area contributed by atoms with E-state index in [1.165, 1.54) is 6.08 Å². The van der Waals surface area contributed by atoms with Crippen molar-refractivity contribution in [3.05, 3.63) is 24.5 Å². The van der Waals surface area contributed by atoms with Crippen molar-refractivity contribution >= 4 is 5.91 Å². The van der Waals surface area contributed by atoms with Crippen LogP contribution in [-0.4, -0.2) is 11.5 Å². The average Bonchev–Trinajstić information content (AvgIpc) is 2.33. The third-order valence-electron chi connectivity index (χ3n) is 1.78. The molecule has 3 heteroatoms. The largest absolute Gasteiger partial charge is 0.478 e. The third kappa shape index (κ3) is 1.13. The van der Waals surface area contributed by atoms with Crippen molar-refractivity contribution in [2.24, 2.45) is 5.73 Å². The fraction of sp³-hybridized carbons (Fsp3) is 0.375. The summed E-state index contributed by atoms with van der Waals surface area (Å²) < 4.78 is 5.23. The summed E-state index contributed by atoms with van der Waals surface area (Å²) in [5, 5.41) is 0. The van der Waals surface area contributed by atoms with E-state index in [4.69, 9.17) is 10.5 Å². The second-order valence-corrected chi connectivity index (χ2v) is 2.58. The average molecular weight is 153 g/mol. The Morgan fingerprint density at radius 2 is 2.64 bits per heavy atom. The Kier molecular flexibility index (Phi) is 1.72. The van der Waals surface area contributed by atoms with Crippen LogP contribution in [0.1, 0.15) is 13.3 Å². The molecule has 0 aromatic rings. The van der Waals surface area contributed by atoms with Crippen molar-refractivity contribution < 1.29 is 9.53 Å². The number of allylic oxidation sites excluding steroid dienone is 1. The van der Waals surface area contributed by atoms with Crippen LogP contribution < -0.4 is 5.73 Å². The van der Waals surface area contributed by atoms with E-state index in [-0.39, 0.29) is 0 Å². The highest BCUT2D eigenvalue weighted by molar-refractivity contribution is 5.86. The Morgan fingerprint density at radius 1 is 2.00 bits per heavy atom. The summed E-state index contributed by atoms with van der Waals surface area (Å²) in [5.74, 6) is 0.240. The molecular weight excluding hydrogens is 142 g/mol. The molecule has 1 rings (SSSR count). The van der Waals surface area contributed by atoms with Crippen LogP contribution in [-0.2, 0) is 9.53 Å². The van der Waals surface area contributed by atoms with Gasteiger partial charge in [0.25, 0.3) is 5.91 Å². The maximum Gasteiger partial charge on any atom is 0.266 e. The highest BCUT2D eigenvalue weighted by atomic mass is 16.5. The summed E-state index contributed by atoms with van der Waals surface area (Å²) in [6.45, 7) is 5.30. The van der Waals surface area contributed by atoms with Crippen LogP contribution >= 0.6 is 0 Å². The molecule has 0 saturated heterocycles. The van der Waals surface area contributed by atoms with Crippen molar-refractivity contribution in [1.29, 1.82) is 0 Å². The van der Waals surface area contributed by atoms with Gasteiger partial charge in [-0.1, -0.05) is 6.58 Å². The molecule has 3 nitrogen and oxygen atoms in total. The lowest BCUT2D eigenvalue weighted by atomic mass is 10.0. The molecule has 11 heavy (non-hydrogen) atoms. The number of ether oxygens (including phenoxy) is 1. The molecule has 1 unspecified atom stereocenters. The van der Waals surface area contributed by atoms with E-state index >= 15 is 0 Å². The van der Waals surface area contributed by atoms with Crippen LogP contribution in [0.4, 0.5) is 0 Å². The van der Waals surface area contributed by atoms with E-state index in [0.717, 1.165) is 5.76 Å². The SMILES string of the molecule is C=CC1(C(N)=O)CC=C(C)O1. The third-order valence-corrected chi connectivity index (χ3v) is 1.78. The number of hydrogen-bond acceptors (Lipinski definition) is 2. The van der Waals surface area contributed by atoms with Gasteiger partial charge in [0.15, 0.2) is 0 Å². The maximum atomic E-state index is 10.9. The van der Waals surface area contributed by atoms with Crippen molar-refractivity contribution in [3.63, 3.8) is 0 Å². The fourth-order valence-corrected chi connectivity index (χ4v) is 1.04. The first-order valence-electron chi connectivity index (χ1n) is 3.40. The van der Waals surface area contributed by atoms with Gasteiger partial charge in [-0.05, 0) is 19.1 Å². The van der Waals surface area contributed by atoms with Crippen LogP contribution in [0.2, 0.25) is 0 Å². The summed E-state index contributed by atoms with van der Waals surface area (Å²) in [6.07, 6.45) is 3.77. The molecule has 0 bridgehead atoms. The molecule has 0 fully saturated rings. The Hall–Kier alpha value is -1.25. The van der Waals surface area contributed by atoms with Crippen LogP contribution in [0.5, 0.6) is 0 Å². The number of primary amides is 1. The molecular formula is C8H11NO2. The van der Waals surface area contributed by atoms with Crippen LogP contribution in [0.15, 0.2) is 24.5 Å². The topological polar surface area (TPSA) is 52.3 Å². The minimum absolute atomic E-state index is 0.486. The van der Waals surface area contributed by atoms with Gasteiger partial charge in [0, 0.05) is 6.42 Å². The van der Waals surface area contributed by atoms with Crippen molar-refractivity contribution in [1.82, 2.24) is 0 Å². The molecule has 1 heterocycles. The zero-order valence-corrected chi connectivity index (χ0v) is 6.46. The number of carbonyl (C=O) groups is 1. The first-order chi connectivity index (χ1) is 5.10. The van der Waals surface area contributed by atoms with Crippen LogP contribution in [0.25, 0.3) is 0 Å². The van der Waals surface area contributed by atoms with E-state index in [2.05, 4.69) is 6.58 Å². The number of amides is 1. The first-order valence-corrected chi connectivity index (χ1v) is 3.40. The maximum absolute atomic E-state index is 10.9. The number of carbonyl (C=O) groups excluding carboxylic acids is 1. The zero-order valence-electron chi connectivity index (χ0n) is 6.46. The molecule has 0 saturated carbocycles. The Labute approximate surface area is 65.5 Å². The summed E-state index contributed by atoms with van der Waals surface area (Å²) in [6, 6.07) is 0. The molecule has 0 aliphatic carbocycles. The summed E-state index contributed by atoms with van der Waals surface area (Å²) in [7, 11) is 0. The lowest BCUT2D eigenvalue weighted by Crippen LogP contribution is -2.41. The first kappa shape index (κ1) is 7.85. The monoisotopic (exact) mass is 153 g/mol. The summed E-state index contributed by atoms with van der Waals surface area (Å²) in [4.78, 5) is 10.9. The van der Waals surface area contributed by atoms with E-state index in [9.17, 15) is 4.79 Å². The van der Waals surface area contributed by atoms with Gasteiger partial charge in [0.1, 0.15) is 0 Å². The van der Waals surface area contributed by atoms with Crippen molar-refractivity contribution in [2.45, 2.75) is 18.9 Å². The molecule has 0 spiro atoms. The number of hydrogen-bond donors (Lipinski definition) is 1. The smallest absolute Gasteiger partial charge is 0.266 e. The molecule has 0 aromatic carbocycles. The normalized spacial score (nSPS) is 29.0. The molecule has 1 aliphatic rings. The van der Waals surface area contributed by atoms with Gasteiger partial charge in [-0.15, -0.1) is 0 Å². The molecule has 1 aliphatic heterocycles. The minimum atomic E-state index is -0.982. The molecule has 60 valence electrons. The van der Waals surface area contributed by atoms with Gasteiger partial charge >= 0.3 is 0 Å². The minimum Gasteiger partial charge on any atom is -0.478 e. The second kappa shape index (κ2) is 2.42.